The van der Waals surface area contributed by atoms with Crippen molar-refractivity contribution < 1.29 is 22.6 Å². The van der Waals surface area contributed by atoms with Crippen LogP contribution in [0.5, 0.6) is 0 Å². The molecule has 16 heavy (non-hydrogen) atoms. The first-order chi connectivity index (χ1) is 7.50. The smallest absolute Gasteiger partial charge is 0.377 e. The third-order valence-corrected chi connectivity index (χ3v) is 2.50. The zero-order valence-corrected chi connectivity index (χ0v) is 9.35. The number of alkyl halides is 3. The van der Waals surface area contributed by atoms with E-state index in [1.807, 2.05) is 0 Å². The minimum atomic E-state index is -4.27. The Labute approximate surface area is 93.3 Å². The molecule has 96 valence electrons. The zero-order valence-electron chi connectivity index (χ0n) is 9.35. The van der Waals surface area contributed by atoms with Gasteiger partial charge in [0.15, 0.2) is 6.10 Å². The predicted octanol–water partition coefficient (Wildman–Crippen LogP) is 1.72. The molecule has 0 amide bonds. The summed E-state index contributed by atoms with van der Waals surface area (Å²) in [4.78, 5) is 0. The maximum Gasteiger partial charge on any atom is 0.414 e. The predicted molar refractivity (Wildman–Crippen MR) is 53.3 cm³/mol. The lowest BCUT2D eigenvalue weighted by Gasteiger charge is -2.17. The molecular weight excluding hydrogens is 223 g/mol. The molecule has 0 saturated carbocycles. The van der Waals surface area contributed by atoms with Crippen LogP contribution in [0.25, 0.3) is 0 Å². The second-order valence-corrected chi connectivity index (χ2v) is 3.89. The van der Waals surface area contributed by atoms with Crippen LogP contribution in [0.15, 0.2) is 0 Å². The third kappa shape index (κ3) is 5.14. The van der Waals surface area contributed by atoms with Gasteiger partial charge in [-0.15, -0.1) is 0 Å². The molecule has 1 N–H and O–H groups in total. The fourth-order valence-electron chi connectivity index (χ4n) is 1.47. The van der Waals surface area contributed by atoms with E-state index in [1.54, 1.807) is 0 Å². The van der Waals surface area contributed by atoms with E-state index in [0.717, 1.165) is 26.4 Å². The summed E-state index contributed by atoms with van der Waals surface area (Å²) < 4.78 is 46.1. The summed E-state index contributed by atoms with van der Waals surface area (Å²) in [6.07, 6.45) is -3.67. The molecule has 0 radical (unpaired) electrons. The lowest BCUT2D eigenvalue weighted by atomic mass is 10.2. The second kappa shape index (κ2) is 6.42. The van der Waals surface area contributed by atoms with Crippen LogP contribution in [0.4, 0.5) is 13.2 Å². The molecule has 0 bridgehead atoms. The minimum Gasteiger partial charge on any atom is -0.377 e. The summed E-state index contributed by atoms with van der Waals surface area (Å²) in [5.41, 5.74) is 0. The Kier molecular flexibility index (Phi) is 5.51. The molecule has 0 aromatic heterocycles. The summed E-state index contributed by atoms with van der Waals surface area (Å²) in [5.74, 6) is 0. The van der Waals surface area contributed by atoms with Crippen molar-refractivity contribution >= 4 is 0 Å². The number of hydrogen-bond acceptors (Lipinski definition) is 3. The van der Waals surface area contributed by atoms with Crippen molar-refractivity contribution in [3.63, 3.8) is 0 Å². The molecule has 1 fully saturated rings. The minimum absolute atomic E-state index is 0.0629. The highest BCUT2D eigenvalue weighted by Gasteiger charge is 2.36. The van der Waals surface area contributed by atoms with Gasteiger partial charge in [0.1, 0.15) is 0 Å². The summed E-state index contributed by atoms with van der Waals surface area (Å²) in [5, 5.41) is 3.02. The molecule has 0 spiro atoms. The van der Waals surface area contributed by atoms with Gasteiger partial charge in [0.25, 0.3) is 0 Å². The molecule has 3 nitrogen and oxygen atoms in total. The maximum atomic E-state index is 12.0. The Morgan fingerprint density at radius 2 is 2.25 bits per heavy atom. The largest absolute Gasteiger partial charge is 0.414 e. The van der Waals surface area contributed by atoms with E-state index < -0.39 is 12.3 Å². The highest BCUT2D eigenvalue weighted by molar-refractivity contribution is 4.67. The van der Waals surface area contributed by atoms with Crippen molar-refractivity contribution in [3.05, 3.63) is 0 Å². The van der Waals surface area contributed by atoms with Crippen molar-refractivity contribution in [3.8, 4) is 0 Å². The van der Waals surface area contributed by atoms with Gasteiger partial charge in [0, 0.05) is 19.7 Å². The van der Waals surface area contributed by atoms with Gasteiger partial charge in [-0.25, -0.2) is 0 Å². The molecule has 1 saturated heterocycles. The first kappa shape index (κ1) is 13.7. The summed E-state index contributed by atoms with van der Waals surface area (Å²) in [6.45, 7) is 2.96. The molecule has 1 rings (SSSR count). The molecule has 0 aromatic carbocycles. The number of rotatable bonds is 6. The van der Waals surface area contributed by atoms with Gasteiger partial charge in [0.2, 0.25) is 0 Å². The quantitative estimate of drug-likeness (QED) is 0.718. The molecule has 2 unspecified atom stereocenters. The average Bonchev–Trinajstić information content (AvgIpc) is 2.68. The van der Waals surface area contributed by atoms with Gasteiger partial charge in [-0.05, 0) is 19.8 Å². The second-order valence-electron chi connectivity index (χ2n) is 3.89. The van der Waals surface area contributed by atoms with Crippen LogP contribution in [-0.4, -0.2) is 44.7 Å². The van der Waals surface area contributed by atoms with E-state index in [-0.39, 0.29) is 12.7 Å². The van der Waals surface area contributed by atoms with Gasteiger partial charge >= 0.3 is 6.18 Å². The summed E-state index contributed by atoms with van der Waals surface area (Å²) in [6, 6.07) is 0. The van der Waals surface area contributed by atoms with Crippen molar-refractivity contribution in [2.24, 2.45) is 0 Å². The molecule has 1 aliphatic rings. The molecule has 0 aromatic rings. The zero-order chi connectivity index (χ0) is 12.0. The van der Waals surface area contributed by atoms with E-state index in [9.17, 15) is 13.2 Å². The number of nitrogens with one attached hydrogen (secondary N) is 1. The first-order valence-electron chi connectivity index (χ1n) is 5.51. The van der Waals surface area contributed by atoms with Gasteiger partial charge in [-0.2, -0.15) is 13.2 Å². The summed E-state index contributed by atoms with van der Waals surface area (Å²) in [7, 11) is 0. The van der Waals surface area contributed by atoms with E-state index >= 15 is 0 Å². The van der Waals surface area contributed by atoms with Crippen LogP contribution in [-0.2, 0) is 9.47 Å². The molecule has 2 atom stereocenters. The number of halogens is 3. The Morgan fingerprint density at radius 3 is 2.81 bits per heavy atom. The Balaban J connectivity index is 1.95. The topological polar surface area (TPSA) is 30.5 Å². The van der Waals surface area contributed by atoms with Crippen LogP contribution in [0.3, 0.4) is 0 Å². The standard InChI is InChI=1S/C10H18F3NO2/c1-8(10(11,12)13)15-6-4-14-7-9-3-2-5-16-9/h8-9,14H,2-7H2,1H3. The number of hydrogen-bond donors (Lipinski definition) is 1. The lowest BCUT2D eigenvalue weighted by molar-refractivity contribution is -0.213. The van der Waals surface area contributed by atoms with Crippen LogP contribution < -0.4 is 5.32 Å². The highest BCUT2D eigenvalue weighted by Crippen LogP contribution is 2.21. The van der Waals surface area contributed by atoms with E-state index in [0.29, 0.717) is 13.1 Å². The highest BCUT2D eigenvalue weighted by atomic mass is 19.4. The Bertz CT molecular complexity index is 193. The summed E-state index contributed by atoms with van der Waals surface area (Å²) >= 11 is 0. The monoisotopic (exact) mass is 241 g/mol. The van der Waals surface area contributed by atoms with Gasteiger partial charge < -0.3 is 14.8 Å². The van der Waals surface area contributed by atoms with E-state index in [4.69, 9.17) is 4.74 Å². The molecule has 1 aliphatic heterocycles. The molecule has 6 heteroatoms. The third-order valence-electron chi connectivity index (χ3n) is 2.50. The molecule has 0 aliphatic carbocycles. The maximum absolute atomic E-state index is 12.0. The van der Waals surface area contributed by atoms with Gasteiger partial charge in [0.05, 0.1) is 12.7 Å². The fourth-order valence-corrected chi connectivity index (χ4v) is 1.47. The average molecular weight is 241 g/mol. The van der Waals surface area contributed by atoms with Gasteiger partial charge in [-0.3, -0.25) is 0 Å². The van der Waals surface area contributed by atoms with Crippen LogP contribution in [0.2, 0.25) is 0 Å². The Hall–Kier alpha value is -0.330. The molecule has 1 heterocycles. The first-order valence-corrected chi connectivity index (χ1v) is 5.51. The molecular formula is C10H18F3NO2. The van der Waals surface area contributed by atoms with Crippen molar-refractivity contribution in [1.29, 1.82) is 0 Å². The van der Waals surface area contributed by atoms with E-state index in [2.05, 4.69) is 10.1 Å². The van der Waals surface area contributed by atoms with Crippen LogP contribution in [0.1, 0.15) is 19.8 Å². The van der Waals surface area contributed by atoms with Gasteiger partial charge in [-0.1, -0.05) is 0 Å². The lowest BCUT2D eigenvalue weighted by Crippen LogP contribution is -2.33. The van der Waals surface area contributed by atoms with Crippen LogP contribution in [0, 0.1) is 0 Å². The van der Waals surface area contributed by atoms with Crippen LogP contribution >= 0.6 is 0 Å². The van der Waals surface area contributed by atoms with Crippen molar-refractivity contribution in [1.82, 2.24) is 5.32 Å². The normalized spacial score (nSPS) is 23.6. The number of ether oxygens (including phenoxy) is 2. The van der Waals surface area contributed by atoms with Crippen molar-refractivity contribution in [2.75, 3.05) is 26.3 Å². The SMILES string of the molecule is CC(OCCNCC1CCCO1)C(F)(F)F. The fraction of sp³-hybridized carbons (Fsp3) is 1.00. The Morgan fingerprint density at radius 1 is 1.50 bits per heavy atom. The van der Waals surface area contributed by atoms with Crippen molar-refractivity contribution in [2.45, 2.75) is 38.1 Å². The van der Waals surface area contributed by atoms with E-state index in [1.165, 1.54) is 0 Å².